The molecule has 6 nitrogen and oxygen atoms in total. The van der Waals surface area contributed by atoms with Crippen LogP contribution in [0.1, 0.15) is 5.56 Å². The molecule has 5 aromatic rings. The molecule has 0 aliphatic rings. The minimum absolute atomic E-state index is 0.122. The Kier molecular flexibility index (Phi) is 4.59. The molecule has 0 saturated carbocycles. The van der Waals surface area contributed by atoms with Crippen LogP contribution in [0.2, 0.25) is 0 Å². The van der Waals surface area contributed by atoms with Crippen LogP contribution in [0.25, 0.3) is 39.3 Å². The molecule has 0 unspecified atom stereocenters. The zero-order valence-electron chi connectivity index (χ0n) is 17.1. The lowest BCUT2D eigenvalue weighted by Gasteiger charge is -2.11. The second kappa shape index (κ2) is 7.57. The average molecular weight is 409 g/mol. The molecule has 0 radical (unpaired) electrons. The first-order valence-electron chi connectivity index (χ1n) is 9.84. The normalized spacial score (nSPS) is 11.0. The summed E-state index contributed by atoms with van der Waals surface area (Å²) in [6, 6.07) is 22.6. The zero-order chi connectivity index (χ0) is 21.4. The molecule has 0 spiro atoms. The van der Waals surface area contributed by atoms with E-state index in [4.69, 9.17) is 9.26 Å². The molecule has 0 aliphatic carbocycles. The van der Waals surface area contributed by atoms with Gasteiger partial charge in [0, 0.05) is 28.2 Å². The Labute approximate surface area is 178 Å². The molecule has 0 N–H and O–H groups in total. The third-order valence-electron chi connectivity index (χ3n) is 5.32. The molecule has 2 heterocycles. The largest absolute Gasteiger partial charge is 0.497 e. The minimum atomic E-state index is -0.122. The van der Waals surface area contributed by atoms with Crippen LogP contribution < -0.4 is 10.3 Å². The highest BCUT2D eigenvalue weighted by Gasteiger charge is 2.18. The Balaban J connectivity index is 1.71. The zero-order valence-corrected chi connectivity index (χ0v) is 17.1. The van der Waals surface area contributed by atoms with E-state index in [9.17, 15) is 4.79 Å². The van der Waals surface area contributed by atoms with Crippen molar-refractivity contribution in [3.05, 3.63) is 94.9 Å². The van der Waals surface area contributed by atoms with Gasteiger partial charge < -0.3 is 9.26 Å². The van der Waals surface area contributed by atoms with E-state index in [1.54, 1.807) is 23.9 Å². The van der Waals surface area contributed by atoms with Gasteiger partial charge in [0.25, 0.3) is 11.4 Å². The van der Waals surface area contributed by atoms with E-state index in [2.05, 4.69) is 10.1 Å². The Morgan fingerprint density at radius 1 is 0.871 bits per heavy atom. The summed E-state index contributed by atoms with van der Waals surface area (Å²) in [6.45, 7) is 2.00. The highest BCUT2D eigenvalue weighted by molar-refractivity contribution is 5.94. The second-order valence-corrected chi connectivity index (χ2v) is 7.20. The molecule has 6 heteroatoms. The van der Waals surface area contributed by atoms with Gasteiger partial charge >= 0.3 is 0 Å². The van der Waals surface area contributed by atoms with E-state index in [1.165, 1.54) is 0 Å². The van der Waals surface area contributed by atoms with Crippen LogP contribution in [-0.4, -0.2) is 21.8 Å². The standard InChI is InChI=1S/C25H19N3O3/c1-16-7-3-4-8-19(16)23-26-24(31-27-23)22-15-28(17-11-13-18(30-2)14-12-17)25(29)21-10-6-5-9-20(21)22/h3-15H,1-2H3. The van der Waals surface area contributed by atoms with Crippen molar-refractivity contribution in [3.8, 4) is 34.3 Å². The van der Waals surface area contributed by atoms with Crippen LogP contribution in [0.4, 0.5) is 0 Å². The fourth-order valence-electron chi connectivity index (χ4n) is 3.66. The Bertz CT molecular complexity index is 1450. The highest BCUT2D eigenvalue weighted by atomic mass is 16.5. The predicted molar refractivity (Wildman–Crippen MR) is 120 cm³/mol. The molecule has 0 saturated heterocycles. The summed E-state index contributed by atoms with van der Waals surface area (Å²) in [6.07, 6.45) is 1.75. The summed E-state index contributed by atoms with van der Waals surface area (Å²) in [7, 11) is 1.61. The van der Waals surface area contributed by atoms with Gasteiger partial charge in [0.15, 0.2) is 0 Å². The van der Waals surface area contributed by atoms with E-state index in [0.29, 0.717) is 22.7 Å². The third kappa shape index (κ3) is 3.28. The van der Waals surface area contributed by atoms with Gasteiger partial charge in [0.1, 0.15) is 5.75 Å². The molecule has 0 bridgehead atoms. The average Bonchev–Trinajstić information content (AvgIpc) is 3.30. The predicted octanol–water partition coefficient (Wildman–Crippen LogP) is 5.02. The number of pyridine rings is 1. The summed E-state index contributed by atoms with van der Waals surface area (Å²) in [5.41, 5.74) is 3.26. The van der Waals surface area contributed by atoms with Crippen molar-refractivity contribution in [1.82, 2.24) is 14.7 Å². The van der Waals surface area contributed by atoms with Crippen LogP contribution in [-0.2, 0) is 0 Å². The van der Waals surface area contributed by atoms with Gasteiger partial charge in [-0.1, -0.05) is 47.6 Å². The third-order valence-corrected chi connectivity index (χ3v) is 5.32. The van der Waals surface area contributed by atoms with Crippen LogP contribution in [0.5, 0.6) is 5.75 Å². The fourth-order valence-corrected chi connectivity index (χ4v) is 3.66. The summed E-state index contributed by atoms with van der Waals surface area (Å²) in [5.74, 6) is 1.59. The van der Waals surface area contributed by atoms with Crippen molar-refractivity contribution in [2.45, 2.75) is 6.92 Å². The number of aromatic nitrogens is 3. The molecule has 31 heavy (non-hydrogen) atoms. The first-order valence-corrected chi connectivity index (χ1v) is 9.84. The van der Waals surface area contributed by atoms with Gasteiger partial charge in [-0.2, -0.15) is 4.98 Å². The van der Waals surface area contributed by atoms with E-state index in [-0.39, 0.29) is 5.56 Å². The van der Waals surface area contributed by atoms with Gasteiger partial charge in [-0.05, 0) is 42.8 Å². The van der Waals surface area contributed by atoms with Gasteiger partial charge in [-0.3, -0.25) is 9.36 Å². The van der Waals surface area contributed by atoms with Crippen LogP contribution >= 0.6 is 0 Å². The first kappa shape index (κ1) is 18.8. The lowest BCUT2D eigenvalue weighted by Crippen LogP contribution is -2.18. The van der Waals surface area contributed by atoms with Crippen molar-refractivity contribution < 1.29 is 9.26 Å². The summed E-state index contributed by atoms with van der Waals surface area (Å²) in [5, 5.41) is 5.52. The molecule has 0 atom stereocenters. The number of nitrogens with zero attached hydrogens (tertiary/aromatic N) is 3. The SMILES string of the molecule is COc1ccc(-n2cc(-c3nc(-c4ccccc4C)no3)c3ccccc3c2=O)cc1. The van der Waals surface area contributed by atoms with Gasteiger partial charge in [0.05, 0.1) is 12.7 Å². The number of methoxy groups -OCH3 is 1. The summed E-state index contributed by atoms with van der Waals surface area (Å²) < 4.78 is 12.5. The van der Waals surface area contributed by atoms with E-state index in [0.717, 1.165) is 28.0 Å². The summed E-state index contributed by atoms with van der Waals surface area (Å²) in [4.78, 5) is 17.8. The lowest BCUT2D eigenvalue weighted by atomic mass is 10.1. The topological polar surface area (TPSA) is 70.2 Å². The van der Waals surface area contributed by atoms with E-state index >= 15 is 0 Å². The Hall–Kier alpha value is -4.19. The number of fused-ring (bicyclic) bond motifs is 1. The smallest absolute Gasteiger partial charge is 0.262 e. The molecular formula is C25H19N3O3. The number of aryl methyl sites for hydroxylation is 1. The second-order valence-electron chi connectivity index (χ2n) is 7.20. The molecule has 5 rings (SSSR count). The quantitative estimate of drug-likeness (QED) is 0.417. The Morgan fingerprint density at radius 3 is 2.32 bits per heavy atom. The maximum absolute atomic E-state index is 13.2. The number of rotatable bonds is 4. The van der Waals surface area contributed by atoms with Crippen molar-refractivity contribution in [2.75, 3.05) is 7.11 Å². The van der Waals surface area contributed by atoms with E-state index in [1.807, 2.05) is 73.7 Å². The summed E-state index contributed by atoms with van der Waals surface area (Å²) >= 11 is 0. The molecule has 0 amide bonds. The maximum atomic E-state index is 13.2. The number of hydrogen-bond donors (Lipinski definition) is 0. The highest BCUT2D eigenvalue weighted by Crippen LogP contribution is 2.29. The number of ether oxygens (including phenoxy) is 1. The van der Waals surface area contributed by atoms with Crippen molar-refractivity contribution in [2.24, 2.45) is 0 Å². The molecule has 3 aromatic carbocycles. The molecule has 0 aliphatic heterocycles. The fraction of sp³-hybridized carbons (Fsp3) is 0.0800. The van der Waals surface area contributed by atoms with Crippen molar-refractivity contribution in [3.63, 3.8) is 0 Å². The van der Waals surface area contributed by atoms with E-state index < -0.39 is 0 Å². The molecule has 0 fully saturated rings. The lowest BCUT2D eigenvalue weighted by molar-refractivity contribution is 0.414. The van der Waals surface area contributed by atoms with Crippen LogP contribution in [0, 0.1) is 6.92 Å². The number of benzene rings is 3. The molecule has 152 valence electrons. The minimum Gasteiger partial charge on any atom is -0.497 e. The first-order chi connectivity index (χ1) is 15.2. The van der Waals surface area contributed by atoms with Crippen molar-refractivity contribution in [1.29, 1.82) is 0 Å². The molecular weight excluding hydrogens is 390 g/mol. The van der Waals surface area contributed by atoms with Crippen LogP contribution in [0.3, 0.4) is 0 Å². The van der Waals surface area contributed by atoms with Gasteiger partial charge in [-0.25, -0.2) is 0 Å². The van der Waals surface area contributed by atoms with Crippen LogP contribution in [0.15, 0.2) is 88.3 Å². The Morgan fingerprint density at radius 2 is 1.58 bits per heavy atom. The van der Waals surface area contributed by atoms with Crippen molar-refractivity contribution >= 4 is 10.8 Å². The maximum Gasteiger partial charge on any atom is 0.262 e. The monoisotopic (exact) mass is 409 g/mol. The number of hydrogen-bond acceptors (Lipinski definition) is 5. The van der Waals surface area contributed by atoms with Gasteiger partial charge in [-0.15, -0.1) is 0 Å². The van der Waals surface area contributed by atoms with Gasteiger partial charge in [0.2, 0.25) is 5.82 Å². The molecule has 2 aromatic heterocycles.